The molecule has 0 saturated carbocycles. The number of benzene rings is 2. The number of ketones is 1. The van der Waals surface area contributed by atoms with Crippen LogP contribution in [-0.2, 0) is 14.4 Å². The van der Waals surface area contributed by atoms with Crippen molar-refractivity contribution in [1.29, 1.82) is 0 Å². The summed E-state index contributed by atoms with van der Waals surface area (Å²) in [7, 11) is 0. The summed E-state index contributed by atoms with van der Waals surface area (Å²) in [5.74, 6) is -3.17. The average Bonchev–Trinajstić information content (AvgIpc) is 2.80. The summed E-state index contributed by atoms with van der Waals surface area (Å²) in [5.41, 5.74) is 1.72. The Labute approximate surface area is 182 Å². The lowest BCUT2D eigenvalue weighted by atomic mass is 10.0. The van der Waals surface area contributed by atoms with Crippen LogP contribution in [0.25, 0.3) is 22.0 Å². The van der Waals surface area contributed by atoms with Gasteiger partial charge < -0.3 is 10.4 Å². The van der Waals surface area contributed by atoms with Crippen molar-refractivity contribution in [3.8, 4) is 11.1 Å². The molecular weight excluding hydrogens is 417 g/mol. The zero-order valence-electron chi connectivity index (χ0n) is 17.3. The molecule has 0 aliphatic rings. The molecule has 3 rings (SSSR count). The molecule has 0 fully saturated rings. The Kier molecular flexibility index (Phi) is 7.09. The average molecular weight is 439 g/mol. The van der Waals surface area contributed by atoms with Crippen molar-refractivity contribution in [3.05, 3.63) is 65.2 Å². The molecule has 1 amide bonds. The van der Waals surface area contributed by atoms with E-state index < -0.39 is 48.4 Å². The van der Waals surface area contributed by atoms with Crippen molar-refractivity contribution in [3.63, 3.8) is 0 Å². The van der Waals surface area contributed by atoms with Crippen LogP contribution in [-0.4, -0.2) is 45.0 Å². The van der Waals surface area contributed by atoms with E-state index in [0.717, 1.165) is 15.7 Å². The van der Waals surface area contributed by atoms with Gasteiger partial charge in [0.25, 0.3) is 5.56 Å². The maximum absolute atomic E-state index is 13.2. The van der Waals surface area contributed by atoms with Crippen LogP contribution in [0.15, 0.2) is 59.7 Å². The van der Waals surface area contributed by atoms with E-state index in [2.05, 4.69) is 10.3 Å². The number of aromatic nitrogens is 2. The number of rotatable bonds is 9. The fourth-order valence-corrected chi connectivity index (χ4v) is 3.46. The van der Waals surface area contributed by atoms with E-state index in [1.807, 2.05) is 36.4 Å². The molecule has 0 aliphatic heterocycles. The third-order valence-electron chi connectivity index (χ3n) is 5.13. The summed E-state index contributed by atoms with van der Waals surface area (Å²) in [6.45, 7) is 0.249. The van der Waals surface area contributed by atoms with Gasteiger partial charge in [-0.2, -0.15) is 0 Å². The van der Waals surface area contributed by atoms with Gasteiger partial charge in [-0.3, -0.25) is 23.7 Å². The predicted octanol–water partition coefficient (Wildman–Crippen LogP) is 2.51. The molecule has 0 saturated heterocycles. The van der Waals surface area contributed by atoms with Crippen LogP contribution in [0.3, 0.4) is 0 Å². The van der Waals surface area contributed by atoms with Crippen LogP contribution < -0.4 is 10.9 Å². The number of hydrogen-bond acceptors (Lipinski definition) is 5. The molecule has 2 N–H and O–H groups in total. The zero-order chi connectivity index (χ0) is 23.3. The Morgan fingerprint density at radius 2 is 1.84 bits per heavy atom. The number of fused-ring (bicyclic) bond motifs is 1. The Morgan fingerprint density at radius 3 is 2.47 bits per heavy atom. The van der Waals surface area contributed by atoms with E-state index in [9.17, 15) is 23.6 Å². The first-order valence-electron chi connectivity index (χ1n) is 10.0. The molecule has 8 nitrogen and oxygen atoms in total. The van der Waals surface area contributed by atoms with Gasteiger partial charge in [0.1, 0.15) is 18.8 Å². The molecule has 32 heavy (non-hydrogen) atoms. The number of nitrogens with zero attached hydrogens (tertiary/aromatic N) is 2. The Morgan fingerprint density at radius 1 is 1.12 bits per heavy atom. The second-order valence-corrected chi connectivity index (χ2v) is 7.24. The van der Waals surface area contributed by atoms with E-state index in [1.165, 1.54) is 6.33 Å². The van der Waals surface area contributed by atoms with Gasteiger partial charge in [0.15, 0.2) is 5.78 Å². The number of halogens is 1. The van der Waals surface area contributed by atoms with Crippen LogP contribution in [0.2, 0.25) is 0 Å². The van der Waals surface area contributed by atoms with E-state index in [0.29, 0.717) is 10.9 Å². The number of alkyl halides is 1. The van der Waals surface area contributed by atoms with Crippen LogP contribution in [0, 0.1) is 0 Å². The predicted molar refractivity (Wildman–Crippen MR) is 116 cm³/mol. The number of nitrogens with one attached hydrogen (secondary N) is 1. The molecule has 9 heteroatoms. The minimum absolute atomic E-state index is 0.168. The topological polar surface area (TPSA) is 118 Å². The van der Waals surface area contributed by atoms with Gasteiger partial charge in [-0.15, -0.1) is 0 Å². The molecule has 1 aromatic heterocycles. The molecule has 0 radical (unpaired) electrons. The highest BCUT2D eigenvalue weighted by Crippen LogP contribution is 2.22. The van der Waals surface area contributed by atoms with Crippen molar-refractivity contribution in [2.75, 3.05) is 6.67 Å². The van der Waals surface area contributed by atoms with Crippen molar-refractivity contribution in [1.82, 2.24) is 14.9 Å². The standard InChI is InChI=1S/C23H22FN3O5/c1-2-19(22(31)26-18(11-21(29)30)20(28)12-24)27-13-25-17-9-8-15(10-16(17)23(27)32)14-6-4-3-5-7-14/h3-10,13,18-19H,2,11-12H2,1H3,(H,26,31)(H,29,30)/t18?,19-/m0/s1. The summed E-state index contributed by atoms with van der Waals surface area (Å²) in [6.07, 6.45) is 0.654. The van der Waals surface area contributed by atoms with Gasteiger partial charge in [0.05, 0.1) is 23.7 Å². The Balaban J connectivity index is 1.97. The molecular formula is C23H22FN3O5. The fraction of sp³-hybridized carbons (Fsp3) is 0.261. The number of carbonyl (C=O) groups is 3. The Bertz CT molecular complexity index is 1210. The van der Waals surface area contributed by atoms with E-state index in [-0.39, 0.29) is 6.42 Å². The first kappa shape index (κ1) is 22.8. The smallest absolute Gasteiger partial charge is 0.305 e. The van der Waals surface area contributed by atoms with Gasteiger partial charge in [0.2, 0.25) is 5.91 Å². The SMILES string of the molecule is CC[C@@H](C(=O)NC(CC(=O)O)C(=O)CF)n1cnc2ccc(-c3ccccc3)cc2c1=O. The van der Waals surface area contributed by atoms with E-state index in [4.69, 9.17) is 5.11 Å². The normalized spacial score (nSPS) is 12.8. The van der Waals surface area contributed by atoms with Crippen LogP contribution in [0.4, 0.5) is 4.39 Å². The number of carboxylic acid groups (broad SMARTS) is 1. The number of hydrogen-bond donors (Lipinski definition) is 2. The van der Waals surface area contributed by atoms with Crippen LogP contribution in [0.1, 0.15) is 25.8 Å². The molecule has 0 bridgehead atoms. The largest absolute Gasteiger partial charge is 0.481 e. The molecule has 0 aliphatic carbocycles. The number of carboxylic acids is 1. The molecule has 166 valence electrons. The van der Waals surface area contributed by atoms with Gasteiger partial charge in [-0.05, 0) is 29.7 Å². The lowest BCUT2D eigenvalue weighted by Crippen LogP contribution is -2.47. The number of Topliss-reactive ketones (excluding diaryl/α,β-unsaturated/α-hetero) is 1. The maximum Gasteiger partial charge on any atom is 0.305 e. The van der Waals surface area contributed by atoms with Crippen molar-refractivity contribution >= 4 is 28.6 Å². The minimum Gasteiger partial charge on any atom is -0.481 e. The number of carbonyl (C=O) groups excluding carboxylic acids is 2. The highest BCUT2D eigenvalue weighted by molar-refractivity contribution is 5.93. The molecule has 1 unspecified atom stereocenters. The first-order chi connectivity index (χ1) is 15.3. The summed E-state index contributed by atoms with van der Waals surface area (Å²) in [6, 6.07) is 12.1. The number of aliphatic carboxylic acids is 1. The van der Waals surface area contributed by atoms with Crippen LogP contribution >= 0.6 is 0 Å². The van der Waals surface area contributed by atoms with Crippen LogP contribution in [0.5, 0.6) is 0 Å². The molecule has 2 atom stereocenters. The third kappa shape index (κ3) is 4.88. The monoisotopic (exact) mass is 439 g/mol. The first-order valence-corrected chi connectivity index (χ1v) is 10.0. The summed E-state index contributed by atoms with van der Waals surface area (Å²) in [4.78, 5) is 52.9. The summed E-state index contributed by atoms with van der Waals surface area (Å²) in [5, 5.41) is 11.5. The Hall–Kier alpha value is -3.88. The lowest BCUT2D eigenvalue weighted by Gasteiger charge is -2.21. The van der Waals surface area contributed by atoms with Crippen molar-refractivity contribution in [2.45, 2.75) is 31.8 Å². The third-order valence-corrected chi connectivity index (χ3v) is 5.13. The zero-order valence-corrected chi connectivity index (χ0v) is 17.3. The van der Waals surface area contributed by atoms with Crippen molar-refractivity contribution in [2.24, 2.45) is 0 Å². The van der Waals surface area contributed by atoms with Gasteiger partial charge >= 0.3 is 5.97 Å². The highest BCUT2D eigenvalue weighted by atomic mass is 19.1. The molecule has 3 aromatic rings. The molecule has 1 heterocycles. The fourth-order valence-electron chi connectivity index (χ4n) is 3.46. The van der Waals surface area contributed by atoms with Gasteiger partial charge in [-0.25, -0.2) is 9.37 Å². The molecule has 0 spiro atoms. The maximum atomic E-state index is 13.2. The number of amides is 1. The minimum atomic E-state index is -1.52. The highest BCUT2D eigenvalue weighted by Gasteiger charge is 2.28. The quantitative estimate of drug-likeness (QED) is 0.529. The second-order valence-electron chi connectivity index (χ2n) is 7.24. The van der Waals surface area contributed by atoms with Crippen molar-refractivity contribution < 1.29 is 23.9 Å². The van der Waals surface area contributed by atoms with E-state index >= 15 is 0 Å². The van der Waals surface area contributed by atoms with Gasteiger partial charge in [-0.1, -0.05) is 43.3 Å². The summed E-state index contributed by atoms with van der Waals surface area (Å²) < 4.78 is 13.9. The summed E-state index contributed by atoms with van der Waals surface area (Å²) >= 11 is 0. The second kappa shape index (κ2) is 9.95. The lowest BCUT2D eigenvalue weighted by molar-refractivity contribution is -0.140. The van der Waals surface area contributed by atoms with E-state index in [1.54, 1.807) is 19.1 Å². The molecule has 2 aromatic carbocycles. The van der Waals surface area contributed by atoms with Gasteiger partial charge in [0, 0.05) is 0 Å².